The number of carbonyl (C=O) groups excluding carboxylic acids is 1. The number of halogens is 1. The SMILES string of the molecule is CC[C@H](NC(=O)c1c(S(C)=O)c(-c2ccc(F)cc2)nc2ccccc12)c1ccccc1. The third-order valence-corrected chi connectivity index (χ3v) is 6.37. The van der Waals surface area contributed by atoms with Crippen molar-refractivity contribution in [1.29, 1.82) is 0 Å². The number of hydrogen-bond donors (Lipinski definition) is 1. The van der Waals surface area contributed by atoms with Crippen molar-refractivity contribution in [3.8, 4) is 11.3 Å². The zero-order chi connectivity index (χ0) is 22.7. The van der Waals surface area contributed by atoms with Crippen molar-refractivity contribution in [3.63, 3.8) is 0 Å². The number of pyridine rings is 1. The highest BCUT2D eigenvalue weighted by atomic mass is 32.2. The van der Waals surface area contributed by atoms with Crippen LogP contribution in [-0.4, -0.2) is 21.4 Å². The van der Waals surface area contributed by atoms with Crippen molar-refractivity contribution in [3.05, 3.63) is 95.8 Å². The van der Waals surface area contributed by atoms with Crippen LogP contribution in [0.15, 0.2) is 83.8 Å². The quantitative estimate of drug-likeness (QED) is 0.416. The van der Waals surface area contributed by atoms with E-state index in [2.05, 4.69) is 5.32 Å². The second-order valence-corrected chi connectivity index (χ2v) is 8.80. The van der Waals surface area contributed by atoms with Gasteiger partial charge in [0.1, 0.15) is 5.82 Å². The molecule has 0 saturated carbocycles. The summed E-state index contributed by atoms with van der Waals surface area (Å²) in [4.78, 5) is 18.7. The molecule has 6 heteroatoms. The van der Waals surface area contributed by atoms with Gasteiger partial charge in [-0.25, -0.2) is 9.37 Å². The van der Waals surface area contributed by atoms with Gasteiger partial charge in [-0.3, -0.25) is 9.00 Å². The minimum absolute atomic E-state index is 0.192. The largest absolute Gasteiger partial charge is 0.345 e. The molecule has 0 fully saturated rings. The molecule has 1 N–H and O–H groups in total. The lowest BCUT2D eigenvalue weighted by Crippen LogP contribution is -2.29. The third kappa shape index (κ3) is 4.32. The fourth-order valence-electron chi connectivity index (χ4n) is 3.84. The summed E-state index contributed by atoms with van der Waals surface area (Å²) >= 11 is 0. The molecule has 3 aromatic carbocycles. The van der Waals surface area contributed by atoms with Gasteiger partial charge in [0.2, 0.25) is 0 Å². The molecular formula is C26H23FN2O2S. The molecule has 4 nitrogen and oxygen atoms in total. The number of nitrogens with one attached hydrogen (secondary N) is 1. The van der Waals surface area contributed by atoms with Crippen LogP contribution in [0.5, 0.6) is 0 Å². The van der Waals surface area contributed by atoms with E-state index in [0.29, 0.717) is 39.0 Å². The Kier molecular flexibility index (Phi) is 6.42. The predicted octanol–water partition coefficient (Wildman–Crippen LogP) is 5.66. The van der Waals surface area contributed by atoms with Gasteiger partial charge in [0, 0.05) is 17.2 Å². The van der Waals surface area contributed by atoms with Gasteiger partial charge >= 0.3 is 0 Å². The molecule has 1 unspecified atom stereocenters. The minimum atomic E-state index is -1.51. The van der Waals surface area contributed by atoms with E-state index in [0.717, 1.165) is 5.56 Å². The number of fused-ring (bicyclic) bond motifs is 1. The summed E-state index contributed by atoms with van der Waals surface area (Å²) < 4.78 is 26.4. The highest BCUT2D eigenvalue weighted by Gasteiger charge is 2.25. The lowest BCUT2D eigenvalue weighted by atomic mass is 10.0. The molecule has 32 heavy (non-hydrogen) atoms. The fraction of sp³-hybridized carbons (Fsp3) is 0.154. The summed E-state index contributed by atoms with van der Waals surface area (Å²) in [6, 6.07) is 22.7. The Bertz CT molecular complexity index is 1290. The van der Waals surface area contributed by atoms with Crippen LogP contribution < -0.4 is 5.32 Å². The summed E-state index contributed by atoms with van der Waals surface area (Å²) in [5.41, 5.74) is 2.97. The molecule has 1 heterocycles. The van der Waals surface area contributed by atoms with Crippen LogP contribution in [-0.2, 0) is 10.8 Å². The van der Waals surface area contributed by atoms with Crippen LogP contribution in [0, 0.1) is 5.82 Å². The first-order valence-corrected chi connectivity index (χ1v) is 11.9. The maximum atomic E-state index is 13.6. The Labute approximate surface area is 189 Å². The molecule has 0 bridgehead atoms. The fourth-order valence-corrected chi connectivity index (χ4v) is 4.77. The summed E-state index contributed by atoms with van der Waals surface area (Å²) in [5, 5.41) is 3.74. The van der Waals surface area contributed by atoms with E-state index in [9.17, 15) is 13.4 Å². The number of benzene rings is 3. The number of rotatable bonds is 6. The second kappa shape index (κ2) is 9.40. The average Bonchev–Trinajstić information content (AvgIpc) is 2.82. The van der Waals surface area contributed by atoms with E-state index in [1.54, 1.807) is 12.1 Å². The van der Waals surface area contributed by atoms with Crippen LogP contribution >= 0.6 is 0 Å². The Morgan fingerprint density at radius 1 is 1.00 bits per heavy atom. The second-order valence-electron chi connectivity index (χ2n) is 7.49. The standard InChI is InChI=1S/C26H23FN2O2S/c1-3-21(17-9-5-4-6-10-17)29-26(30)23-20-11-7-8-12-22(20)28-24(25(23)32(2)31)18-13-15-19(27)16-14-18/h4-16,21H,3H2,1-2H3,(H,29,30)/t21-,32?/m0/s1. The van der Waals surface area contributed by atoms with Crippen LogP contribution in [0.2, 0.25) is 0 Å². The molecule has 1 aromatic heterocycles. The molecule has 0 saturated heterocycles. The molecule has 0 spiro atoms. The van der Waals surface area contributed by atoms with Crippen molar-refractivity contribution in [2.24, 2.45) is 0 Å². The first-order valence-electron chi connectivity index (χ1n) is 10.4. The molecule has 0 aliphatic carbocycles. The van der Waals surface area contributed by atoms with E-state index >= 15 is 0 Å². The lowest BCUT2D eigenvalue weighted by molar-refractivity contribution is 0.0934. The normalized spacial score (nSPS) is 13.0. The van der Waals surface area contributed by atoms with Gasteiger partial charge in [-0.2, -0.15) is 0 Å². The number of nitrogens with zero attached hydrogens (tertiary/aromatic N) is 1. The van der Waals surface area contributed by atoms with Gasteiger partial charge in [-0.1, -0.05) is 55.5 Å². The van der Waals surface area contributed by atoms with Gasteiger partial charge in [0.25, 0.3) is 5.91 Å². The topological polar surface area (TPSA) is 59.1 Å². The van der Waals surface area contributed by atoms with E-state index in [-0.39, 0.29) is 17.8 Å². The van der Waals surface area contributed by atoms with Gasteiger partial charge in [-0.05, 0) is 42.3 Å². The maximum Gasteiger partial charge on any atom is 0.253 e. The van der Waals surface area contributed by atoms with Crippen LogP contribution in [0.1, 0.15) is 35.3 Å². The van der Waals surface area contributed by atoms with E-state index < -0.39 is 10.8 Å². The zero-order valence-electron chi connectivity index (χ0n) is 17.8. The first kappa shape index (κ1) is 21.8. The highest BCUT2D eigenvalue weighted by Crippen LogP contribution is 2.33. The summed E-state index contributed by atoms with van der Waals surface area (Å²) in [7, 11) is -1.51. The highest BCUT2D eigenvalue weighted by molar-refractivity contribution is 7.84. The smallest absolute Gasteiger partial charge is 0.253 e. The minimum Gasteiger partial charge on any atom is -0.345 e. The van der Waals surface area contributed by atoms with Crippen LogP contribution in [0.4, 0.5) is 4.39 Å². The summed E-state index contributed by atoms with van der Waals surface area (Å²) in [5.74, 6) is -0.687. The van der Waals surface area contributed by atoms with Crippen LogP contribution in [0.3, 0.4) is 0 Å². The summed E-state index contributed by atoms with van der Waals surface area (Å²) in [6.07, 6.45) is 2.23. The number of amides is 1. The Hall–Kier alpha value is -3.38. The van der Waals surface area contributed by atoms with Gasteiger partial charge in [0.15, 0.2) is 0 Å². The molecule has 4 rings (SSSR count). The maximum absolute atomic E-state index is 13.6. The molecule has 0 aliphatic heterocycles. The third-order valence-electron chi connectivity index (χ3n) is 5.40. The molecule has 0 radical (unpaired) electrons. The van der Waals surface area contributed by atoms with Crippen molar-refractivity contribution in [1.82, 2.24) is 10.3 Å². The van der Waals surface area contributed by atoms with Crippen molar-refractivity contribution >= 4 is 27.6 Å². The first-order chi connectivity index (χ1) is 15.5. The van der Waals surface area contributed by atoms with Crippen molar-refractivity contribution in [2.45, 2.75) is 24.3 Å². The number of hydrogen-bond acceptors (Lipinski definition) is 3. The Balaban J connectivity index is 1.90. The van der Waals surface area contributed by atoms with Crippen LogP contribution in [0.25, 0.3) is 22.2 Å². The number of aromatic nitrogens is 1. The van der Waals surface area contributed by atoms with Gasteiger partial charge < -0.3 is 5.32 Å². The summed E-state index contributed by atoms with van der Waals surface area (Å²) in [6.45, 7) is 2.01. The van der Waals surface area contributed by atoms with Crippen molar-refractivity contribution < 1.29 is 13.4 Å². The number of carbonyl (C=O) groups is 1. The molecule has 4 aromatic rings. The Morgan fingerprint density at radius 2 is 1.66 bits per heavy atom. The molecule has 0 aliphatic rings. The van der Waals surface area contributed by atoms with Crippen molar-refractivity contribution in [2.75, 3.05) is 6.26 Å². The predicted molar refractivity (Wildman–Crippen MR) is 126 cm³/mol. The van der Waals surface area contributed by atoms with E-state index in [4.69, 9.17) is 4.98 Å². The average molecular weight is 447 g/mol. The number of para-hydroxylation sites is 1. The molecule has 1 amide bonds. The molecule has 2 atom stereocenters. The van der Waals surface area contributed by atoms with Gasteiger partial charge in [-0.15, -0.1) is 0 Å². The zero-order valence-corrected chi connectivity index (χ0v) is 18.7. The van der Waals surface area contributed by atoms with E-state index in [1.165, 1.54) is 18.4 Å². The van der Waals surface area contributed by atoms with Gasteiger partial charge in [0.05, 0.1) is 38.5 Å². The molecular weight excluding hydrogens is 423 g/mol. The Morgan fingerprint density at radius 3 is 2.31 bits per heavy atom. The van der Waals surface area contributed by atoms with E-state index in [1.807, 2.05) is 61.5 Å². The molecule has 162 valence electrons. The monoisotopic (exact) mass is 446 g/mol. The lowest BCUT2D eigenvalue weighted by Gasteiger charge is -2.20.